The lowest BCUT2D eigenvalue weighted by atomic mass is 10.0. The molecule has 0 saturated carbocycles. The number of nitrogen functional groups attached to an aromatic ring is 1. The molecule has 1 amide bonds. The van der Waals surface area contributed by atoms with E-state index in [1.165, 1.54) is 11.1 Å². The molecule has 3 aromatic carbocycles. The molecule has 1 aliphatic heterocycles. The minimum atomic E-state index is -0.142. The molecule has 1 aromatic heterocycles. The maximum atomic E-state index is 13.2. The Balaban J connectivity index is 1.36. The van der Waals surface area contributed by atoms with Crippen molar-refractivity contribution in [3.8, 4) is 11.5 Å². The van der Waals surface area contributed by atoms with Gasteiger partial charge in [0.15, 0.2) is 0 Å². The van der Waals surface area contributed by atoms with Crippen molar-refractivity contribution in [2.24, 2.45) is 0 Å². The summed E-state index contributed by atoms with van der Waals surface area (Å²) in [5.74, 6) is 1.90. The van der Waals surface area contributed by atoms with Gasteiger partial charge in [-0.1, -0.05) is 36.4 Å². The Morgan fingerprint density at radius 2 is 1.88 bits per heavy atom. The van der Waals surface area contributed by atoms with Crippen LogP contribution in [0.25, 0.3) is 11.0 Å². The molecule has 0 saturated heterocycles. The Morgan fingerprint density at radius 3 is 2.69 bits per heavy atom. The van der Waals surface area contributed by atoms with Crippen molar-refractivity contribution in [2.45, 2.75) is 39.7 Å². The van der Waals surface area contributed by atoms with Gasteiger partial charge in [-0.3, -0.25) is 4.79 Å². The van der Waals surface area contributed by atoms with Crippen molar-refractivity contribution in [3.63, 3.8) is 0 Å². The maximum Gasteiger partial charge on any atom is 0.251 e. The number of ether oxygens (including phenoxy) is 2. The first-order valence-corrected chi connectivity index (χ1v) is 14.5. The number of carbonyl (C=O) groups is 1. The number of nitrogens with two attached hydrogens (primary N) is 1. The van der Waals surface area contributed by atoms with Crippen LogP contribution in [0.3, 0.4) is 0 Å². The average Bonchev–Trinajstić information content (AvgIpc) is 3.33. The van der Waals surface area contributed by atoms with Crippen LogP contribution in [0.5, 0.6) is 11.5 Å². The number of nitrogens with zero attached hydrogens (tertiary/aromatic N) is 2. The minimum absolute atomic E-state index is 0.142. The van der Waals surface area contributed by atoms with Crippen molar-refractivity contribution >= 4 is 34.3 Å². The molecule has 0 aliphatic carbocycles. The number of benzene rings is 3. The van der Waals surface area contributed by atoms with Crippen molar-refractivity contribution < 1.29 is 14.3 Å². The number of anilines is 3. The number of aryl methyl sites for hydroxylation is 3. The smallest absolute Gasteiger partial charge is 0.251 e. The van der Waals surface area contributed by atoms with Gasteiger partial charge in [-0.2, -0.15) is 0 Å². The fourth-order valence-electron chi connectivity index (χ4n) is 5.24. The number of hydrogen-bond acceptors (Lipinski definition) is 7. The first kappa shape index (κ1) is 28.9. The molecule has 0 unspecified atom stereocenters. The van der Waals surface area contributed by atoms with Crippen molar-refractivity contribution in [3.05, 3.63) is 82.9 Å². The van der Waals surface area contributed by atoms with E-state index in [4.69, 9.17) is 20.2 Å². The Kier molecular flexibility index (Phi) is 9.16. The van der Waals surface area contributed by atoms with E-state index in [9.17, 15) is 4.79 Å². The molecule has 0 fully saturated rings. The summed E-state index contributed by atoms with van der Waals surface area (Å²) in [7, 11) is 1.84. The molecule has 5 rings (SSSR count). The molecule has 0 spiro atoms. The van der Waals surface area contributed by atoms with Crippen LogP contribution < -0.4 is 31.2 Å². The number of rotatable bonds is 6. The predicted octanol–water partition coefficient (Wildman–Crippen LogP) is 5.47. The van der Waals surface area contributed by atoms with Gasteiger partial charge in [-0.25, -0.2) is 4.98 Å². The number of fused-ring (bicyclic) bond motifs is 1. The van der Waals surface area contributed by atoms with Crippen LogP contribution in [0, 0.1) is 13.8 Å². The van der Waals surface area contributed by atoms with Gasteiger partial charge in [0.2, 0.25) is 5.95 Å². The highest BCUT2D eigenvalue weighted by Crippen LogP contribution is 2.33. The normalized spacial score (nSPS) is 14.4. The number of aromatic nitrogens is 2. The second kappa shape index (κ2) is 13.3. The molecule has 5 N–H and O–H groups in total. The topological polar surface area (TPSA) is 115 Å². The second-order valence-electron chi connectivity index (χ2n) is 10.6. The number of hydrogen-bond donors (Lipinski definition) is 4. The van der Waals surface area contributed by atoms with Crippen molar-refractivity contribution in [1.82, 2.24) is 14.9 Å². The molecule has 0 radical (unpaired) electrons. The summed E-state index contributed by atoms with van der Waals surface area (Å²) in [5, 5.41) is 9.66. The summed E-state index contributed by atoms with van der Waals surface area (Å²) in [6.07, 6.45) is 6.54. The zero-order chi connectivity index (χ0) is 29.5. The summed E-state index contributed by atoms with van der Waals surface area (Å²) >= 11 is 0. The Labute approximate surface area is 247 Å². The zero-order valence-corrected chi connectivity index (χ0v) is 24.6. The van der Waals surface area contributed by atoms with Gasteiger partial charge in [-0.15, -0.1) is 0 Å². The molecule has 2 heterocycles. The van der Waals surface area contributed by atoms with E-state index in [2.05, 4.69) is 51.7 Å². The predicted molar refractivity (Wildman–Crippen MR) is 170 cm³/mol. The molecule has 0 bridgehead atoms. The molecular weight excluding hydrogens is 528 g/mol. The number of imidazole rings is 1. The molecule has 9 nitrogen and oxygen atoms in total. The summed E-state index contributed by atoms with van der Waals surface area (Å²) in [6.45, 7) is 6.73. The van der Waals surface area contributed by atoms with Gasteiger partial charge < -0.3 is 35.7 Å². The fourth-order valence-corrected chi connectivity index (χ4v) is 5.24. The highest BCUT2D eigenvalue weighted by atomic mass is 16.5. The second-order valence-corrected chi connectivity index (χ2v) is 10.6. The van der Waals surface area contributed by atoms with E-state index in [0.29, 0.717) is 67.7 Å². The summed E-state index contributed by atoms with van der Waals surface area (Å²) < 4.78 is 14.5. The van der Waals surface area contributed by atoms with Crippen LogP contribution in [0.1, 0.15) is 39.9 Å². The number of carbonyl (C=O) groups excluding carboxylic acids is 1. The standard InChI is InChI=1S/C33H40N6O3/c1-22-18-26(34)30-28(19-22)41-16-9-17-42-29-21-25(32(40)37-14-8-12-24-11-5-4-10-23(24)2)20-27-31(29)39(33(35-3)38-27)15-7-6-13-36-30/h4-7,10-11,18-21,36H,8-9,12-17,34H2,1-3H3,(H,35,38)(H,37,40)/b7-6+. The quantitative estimate of drug-likeness (QED) is 0.139. The molecule has 220 valence electrons. The molecular formula is C33H40N6O3. The lowest BCUT2D eigenvalue weighted by molar-refractivity contribution is 0.0953. The van der Waals surface area contributed by atoms with E-state index < -0.39 is 0 Å². The lowest BCUT2D eigenvalue weighted by Gasteiger charge is -2.16. The van der Waals surface area contributed by atoms with Crippen LogP contribution in [0.15, 0.2) is 60.7 Å². The summed E-state index contributed by atoms with van der Waals surface area (Å²) in [4.78, 5) is 18.0. The van der Waals surface area contributed by atoms with Crippen molar-refractivity contribution in [2.75, 3.05) is 49.7 Å². The monoisotopic (exact) mass is 568 g/mol. The average molecular weight is 569 g/mol. The summed E-state index contributed by atoms with van der Waals surface area (Å²) in [5.41, 5.74) is 13.4. The third kappa shape index (κ3) is 6.62. The van der Waals surface area contributed by atoms with E-state index in [0.717, 1.165) is 35.4 Å². The van der Waals surface area contributed by atoms with Crippen LogP contribution in [-0.2, 0) is 13.0 Å². The first-order chi connectivity index (χ1) is 20.4. The van der Waals surface area contributed by atoms with Gasteiger partial charge >= 0.3 is 0 Å². The highest BCUT2D eigenvalue weighted by molar-refractivity contribution is 5.99. The van der Waals surface area contributed by atoms with Crippen molar-refractivity contribution in [1.29, 1.82) is 0 Å². The van der Waals surface area contributed by atoms with E-state index in [1.807, 2.05) is 50.4 Å². The molecule has 0 atom stereocenters. The SMILES string of the molecule is CNc1nc2cc(C(=O)NCCCc3ccccc3C)cc3c2n1C/C=C/CNc1c(N)cc(C)cc1OCCCO3. The third-order valence-corrected chi connectivity index (χ3v) is 7.39. The number of nitrogens with one attached hydrogen (secondary N) is 3. The number of amides is 1. The van der Waals surface area contributed by atoms with Crippen LogP contribution in [0.4, 0.5) is 17.3 Å². The minimum Gasteiger partial charge on any atom is -0.491 e. The molecule has 9 heteroatoms. The molecule has 1 aliphatic rings. The van der Waals surface area contributed by atoms with Gasteiger partial charge in [-0.05, 0) is 67.6 Å². The van der Waals surface area contributed by atoms with Gasteiger partial charge in [0.05, 0.1) is 24.4 Å². The Hall–Kier alpha value is -4.66. The van der Waals surface area contributed by atoms with Gasteiger partial charge in [0, 0.05) is 38.7 Å². The van der Waals surface area contributed by atoms with Crippen LogP contribution in [0.2, 0.25) is 0 Å². The largest absolute Gasteiger partial charge is 0.491 e. The third-order valence-electron chi connectivity index (χ3n) is 7.39. The van der Waals surface area contributed by atoms with E-state index in [1.54, 1.807) is 0 Å². The molecule has 4 aromatic rings. The summed E-state index contributed by atoms with van der Waals surface area (Å²) in [6, 6.07) is 15.9. The highest BCUT2D eigenvalue weighted by Gasteiger charge is 2.19. The van der Waals surface area contributed by atoms with Gasteiger partial charge in [0.25, 0.3) is 5.91 Å². The zero-order valence-electron chi connectivity index (χ0n) is 24.6. The first-order valence-electron chi connectivity index (χ1n) is 14.5. The Bertz CT molecular complexity index is 1590. The van der Waals surface area contributed by atoms with E-state index >= 15 is 0 Å². The van der Waals surface area contributed by atoms with Crippen LogP contribution in [-0.4, -0.2) is 48.8 Å². The van der Waals surface area contributed by atoms with E-state index in [-0.39, 0.29) is 5.91 Å². The maximum absolute atomic E-state index is 13.2. The number of allylic oxidation sites excluding steroid dienone is 1. The molecule has 42 heavy (non-hydrogen) atoms. The van der Waals surface area contributed by atoms with Crippen LogP contribution >= 0.6 is 0 Å². The van der Waals surface area contributed by atoms with Gasteiger partial charge in [0.1, 0.15) is 22.7 Å². The lowest BCUT2D eigenvalue weighted by Crippen LogP contribution is -2.25. The fraction of sp³-hybridized carbons (Fsp3) is 0.333. The Morgan fingerprint density at radius 1 is 1.07 bits per heavy atom.